The summed E-state index contributed by atoms with van der Waals surface area (Å²) in [6, 6.07) is 15.0. The lowest BCUT2D eigenvalue weighted by molar-refractivity contribution is 0.581. The highest BCUT2D eigenvalue weighted by Crippen LogP contribution is 2.17. The van der Waals surface area contributed by atoms with Crippen molar-refractivity contribution in [3.63, 3.8) is 0 Å². The number of benzene rings is 2. The Kier molecular flexibility index (Phi) is 4.24. The van der Waals surface area contributed by atoms with Crippen molar-refractivity contribution in [3.8, 4) is 0 Å². The second-order valence-corrected chi connectivity index (χ2v) is 7.46. The zero-order valence-electron chi connectivity index (χ0n) is 13.3. The predicted molar refractivity (Wildman–Crippen MR) is 92.9 cm³/mol. The van der Waals surface area contributed by atoms with Crippen LogP contribution in [0.3, 0.4) is 0 Å². The molecule has 2 N–H and O–H groups in total. The number of H-pyrrole nitrogens is 1. The van der Waals surface area contributed by atoms with Gasteiger partial charge in [-0.25, -0.2) is 13.1 Å². The molecule has 23 heavy (non-hydrogen) atoms. The highest BCUT2D eigenvalue weighted by molar-refractivity contribution is 7.89. The normalized spacial score (nSPS) is 11.9. The van der Waals surface area contributed by atoms with E-state index in [1.807, 2.05) is 44.2 Å². The fourth-order valence-corrected chi connectivity index (χ4v) is 3.62. The van der Waals surface area contributed by atoms with E-state index in [9.17, 15) is 8.42 Å². The first-order chi connectivity index (χ1) is 11.0. The third kappa shape index (κ3) is 3.46. The Balaban J connectivity index is 1.76. The number of hydrogen-bond acceptors (Lipinski definition) is 2. The van der Waals surface area contributed by atoms with Crippen molar-refractivity contribution >= 4 is 20.9 Å². The Morgan fingerprint density at radius 1 is 1.00 bits per heavy atom. The molecule has 0 spiro atoms. The van der Waals surface area contributed by atoms with Gasteiger partial charge in [0.25, 0.3) is 0 Å². The quantitative estimate of drug-likeness (QED) is 0.753. The molecule has 2 aromatic carbocycles. The molecule has 5 heteroatoms. The van der Waals surface area contributed by atoms with Crippen molar-refractivity contribution in [1.29, 1.82) is 0 Å². The summed E-state index contributed by atoms with van der Waals surface area (Å²) in [7, 11) is -3.49. The molecule has 0 bridgehead atoms. The van der Waals surface area contributed by atoms with Gasteiger partial charge in [-0.3, -0.25) is 0 Å². The molecule has 0 atom stereocenters. The average Bonchev–Trinajstić information content (AvgIpc) is 2.92. The number of nitrogens with one attached hydrogen (secondary N) is 2. The summed E-state index contributed by atoms with van der Waals surface area (Å²) in [5.41, 5.74) is 4.21. The number of fused-ring (bicyclic) bond motifs is 1. The summed E-state index contributed by atoms with van der Waals surface area (Å²) in [4.78, 5) is 3.56. The Hall–Kier alpha value is -2.11. The fraction of sp³-hybridized carbons (Fsp3) is 0.222. The van der Waals surface area contributed by atoms with Crippen LogP contribution in [0.15, 0.2) is 53.4 Å². The smallest absolute Gasteiger partial charge is 0.240 e. The number of sulfonamides is 1. The fourth-order valence-electron chi connectivity index (χ4n) is 2.60. The summed E-state index contributed by atoms with van der Waals surface area (Å²) in [6.45, 7) is 4.32. The molecule has 0 saturated heterocycles. The first kappa shape index (κ1) is 15.8. The largest absolute Gasteiger partial charge is 0.359 e. The maximum Gasteiger partial charge on any atom is 0.240 e. The summed E-state index contributed by atoms with van der Waals surface area (Å²) < 4.78 is 27.4. The van der Waals surface area contributed by atoms with Crippen LogP contribution >= 0.6 is 0 Å². The van der Waals surface area contributed by atoms with Crippen LogP contribution in [0.25, 0.3) is 10.9 Å². The molecular weight excluding hydrogens is 308 g/mol. The predicted octanol–water partition coefficient (Wildman–Crippen LogP) is 3.52. The Morgan fingerprint density at radius 2 is 1.70 bits per heavy atom. The van der Waals surface area contributed by atoms with E-state index in [1.165, 1.54) is 0 Å². The van der Waals surface area contributed by atoms with Crippen LogP contribution in [0, 0.1) is 6.92 Å². The highest BCUT2D eigenvalue weighted by atomic mass is 32.2. The molecule has 0 aliphatic rings. The molecule has 0 saturated carbocycles. The molecule has 0 aliphatic carbocycles. The maximum absolute atomic E-state index is 12.4. The summed E-state index contributed by atoms with van der Waals surface area (Å²) in [6.07, 6.45) is 0.893. The van der Waals surface area contributed by atoms with Gasteiger partial charge < -0.3 is 4.98 Å². The van der Waals surface area contributed by atoms with Gasteiger partial charge in [0.2, 0.25) is 10.0 Å². The van der Waals surface area contributed by atoms with E-state index in [1.54, 1.807) is 12.1 Å². The minimum absolute atomic E-state index is 0.276. The van der Waals surface area contributed by atoms with Gasteiger partial charge in [-0.2, -0.15) is 0 Å². The van der Waals surface area contributed by atoms with E-state index < -0.39 is 10.0 Å². The molecule has 1 aromatic heterocycles. The van der Waals surface area contributed by atoms with Crippen LogP contribution in [0.1, 0.15) is 23.7 Å². The lowest BCUT2D eigenvalue weighted by atomic mass is 10.1. The van der Waals surface area contributed by atoms with E-state index in [4.69, 9.17) is 0 Å². The lowest BCUT2D eigenvalue weighted by Gasteiger charge is -2.08. The van der Waals surface area contributed by atoms with Gasteiger partial charge in [-0.1, -0.05) is 25.1 Å². The van der Waals surface area contributed by atoms with Gasteiger partial charge in [-0.15, -0.1) is 0 Å². The SMILES string of the molecule is CCc1ccc(S(=O)(=O)NCc2ccc3[nH]c(C)cc3c2)cc1. The Labute approximate surface area is 136 Å². The molecule has 3 rings (SSSR count). The molecule has 0 unspecified atom stereocenters. The number of hydrogen-bond donors (Lipinski definition) is 2. The maximum atomic E-state index is 12.4. The standard InChI is InChI=1S/C18H20N2O2S/c1-3-14-4-7-17(8-5-14)23(21,22)19-12-15-6-9-18-16(11-15)10-13(2)20-18/h4-11,19-20H,3,12H2,1-2H3. The van der Waals surface area contributed by atoms with Crippen LogP contribution in [0.5, 0.6) is 0 Å². The second kappa shape index (κ2) is 6.18. The van der Waals surface area contributed by atoms with Crippen LogP contribution in [-0.4, -0.2) is 13.4 Å². The van der Waals surface area contributed by atoms with E-state index in [0.29, 0.717) is 4.90 Å². The molecule has 4 nitrogen and oxygen atoms in total. The lowest BCUT2D eigenvalue weighted by Crippen LogP contribution is -2.23. The molecule has 3 aromatic rings. The van der Waals surface area contributed by atoms with E-state index in [0.717, 1.165) is 34.1 Å². The number of rotatable bonds is 5. The number of aromatic amines is 1. The van der Waals surface area contributed by atoms with Crippen LogP contribution in [0.2, 0.25) is 0 Å². The zero-order valence-corrected chi connectivity index (χ0v) is 14.1. The van der Waals surface area contributed by atoms with Gasteiger partial charge >= 0.3 is 0 Å². The van der Waals surface area contributed by atoms with Crippen LogP contribution in [-0.2, 0) is 23.0 Å². The third-order valence-electron chi connectivity index (χ3n) is 3.93. The van der Waals surface area contributed by atoms with Crippen LogP contribution in [0.4, 0.5) is 0 Å². The molecule has 0 amide bonds. The van der Waals surface area contributed by atoms with E-state index in [-0.39, 0.29) is 6.54 Å². The van der Waals surface area contributed by atoms with Gasteiger partial charge in [0, 0.05) is 17.8 Å². The van der Waals surface area contributed by atoms with Crippen molar-refractivity contribution in [3.05, 3.63) is 65.4 Å². The molecule has 0 fully saturated rings. The summed E-state index contributed by atoms with van der Waals surface area (Å²) in [5.74, 6) is 0. The average molecular weight is 328 g/mol. The van der Waals surface area contributed by atoms with Gasteiger partial charge in [0.1, 0.15) is 0 Å². The second-order valence-electron chi connectivity index (χ2n) is 5.70. The minimum Gasteiger partial charge on any atom is -0.359 e. The topological polar surface area (TPSA) is 62.0 Å². The zero-order chi connectivity index (χ0) is 16.4. The summed E-state index contributed by atoms with van der Waals surface area (Å²) in [5, 5.41) is 1.09. The van der Waals surface area contributed by atoms with E-state index >= 15 is 0 Å². The van der Waals surface area contributed by atoms with Crippen molar-refractivity contribution in [2.45, 2.75) is 31.7 Å². The number of aromatic nitrogens is 1. The number of aryl methyl sites for hydroxylation is 2. The molecular formula is C18H20N2O2S. The van der Waals surface area contributed by atoms with Crippen molar-refractivity contribution in [2.24, 2.45) is 0 Å². The van der Waals surface area contributed by atoms with Crippen molar-refractivity contribution < 1.29 is 8.42 Å². The van der Waals surface area contributed by atoms with Gasteiger partial charge in [0.05, 0.1) is 4.90 Å². The Morgan fingerprint density at radius 3 is 2.39 bits per heavy atom. The van der Waals surface area contributed by atoms with E-state index in [2.05, 4.69) is 15.8 Å². The summed E-state index contributed by atoms with van der Waals surface area (Å²) >= 11 is 0. The third-order valence-corrected chi connectivity index (χ3v) is 5.35. The molecule has 0 aliphatic heterocycles. The Bertz CT molecular complexity index is 925. The molecule has 1 heterocycles. The molecule has 0 radical (unpaired) electrons. The van der Waals surface area contributed by atoms with Gasteiger partial charge in [0.15, 0.2) is 0 Å². The van der Waals surface area contributed by atoms with Crippen molar-refractivity contribution in [1.82, 2.24) is 9.71 Å². The highest BCUT2D eigenvalue weighted by Gasteiger charge is 2.13. The van der Waals surface area contributed by atoms with Gasteiger partial charge in [-0.05, 0) is 60.2 Å². The first-order valence-corrected chi connectivity index (χ1v) is 9.13. The first-order valence-electron chi connectivity index (χ1n) is 7.65. The van der Waals surface area contributed by atoms with Crippen molar-refractivity contribution in [2.75, 3.05) is 0 Å². The molecule has 120 valence electrons. The minimum atomic E-state index is -3.49. The van der Waals surface area contributed by atoms with Crippen LogP contribution < -0.4 is 4.72 Å². The monoisotopic (exact) mass is 328 g/mol.